The first-order valence-electron chi connectivity index (χ1n) is 6.64. The van der Waals surface area contributed by atoms with Gasteiger partial charge in [-0.2, -0.15) is 0 Å². The smallest absolute Gasteiger partial charge is 0.337 e. The van der Waals surface area contributed by atoms with Gasteiger partial charge in [-0.3, -0.25) is 4.79 Å². The molecule has 1 amide bonds. The molecular formula is C15H21NO4. The zero-order chi connectivity index (χ0) is 15.2. The number of carbonyl (C=O) groups is 2. The summed E-state index contributed by atoms with van der Waals surface area (Å²) in [6.45, 7) is 2.86. The average Bonchev–Trinajstić information content (AvgIpc) is 2.43. The van der Waals surface area contributed by atoms with E-state index in [-0.39, 0.29) is 24.8 Å². The Balaban J connectivity index is 2.55. The molecule has 0 aromatic heterocycles. The van der Waals surface area contributed by atoms with Crippen LogP contribution in [0.2, 0.25) is 0 Å². The lowest BCUT2D eigenvalue weighted by molar-refractivity contribution is -0.156. The van der Waals surface area contributed by atoms with Crippen LogP contribution in [0.5, 0.6) is 0 Å². The number of carbonyl (C=O) groups excluding carboxylic acids is 1. The number of amides is 1. The predicted octanol–water partition coefficient (Wildman–Crippen LogP) is 1.52. The normalized spacial score (nSPS) is 15.2. The van der Waals surface area contributed by atoms with Crippen molar-refractivity contribution in [3.63, 3.8) is 0 Å². The summed E-state index contributed by atoms with van der Waals surface area (Å²) in [4.78, 5) is 22.6. The molecule has 0 bridgehead atoms. The quantitative estimate of drug-likeness (QED) is 0.706. The molecule has 110 valence electrons. The minimum atomic E-state index is -1.94. The molecule has 0 saturated carbocycles. The summed E-state index contributed by atoms with van der Waals surface area (Å²) in [6.07, 6.45) is 1.09. The second-order valence-electron chi connectivity index (χ2n) is 5.08. The second kappa shape index (κ2) is 7.05. The number of nitrogens with one attached hydrogen (secondary N) is 1. The van der Waals surface area contributed by atoms with E-state index in [2.05, 4.69) is 5.32 Å². The molecular weight excluding hydrogens is 258 g/mol. The molecule has 0 aliphatic rings. The molecule has 5 nitrogen and oxygen atoms in total. The van der Waals surface area contributed by atoms with Crippen molar-refractivity contribution in [2.75, 3.05) is 6.54 Å². The molecule has 0 spiro atoms. The topological polar surface area (TPSA) is 86.6 Å². The monoisotopic (exact) mass is 279 g/mol. The van der Waals surface area contributed by atoms with E-state index in [1.807, 2.05) is 37.3 Å². The molecule has 0 fully saturated rings. The summed E-state index contributed by atoms with van der Waals surface area (Å²) in [5, 5.41) is 20.8. The first-order chi connectivity index (χ1) is 9.36. The highest BCUT2D eigenvalue weighted by Gasteiger charge is 2.30. The van der Waals surface area contributed by atoms with E-state index < -0.39 is 11.6 Å². The molecule has 0 saturated heterocycles. The largest absolute Gasteiger partial charge is 0.479 e. The van der Waals surface area contributed by atoms with Gasteiger partial charge < -0.3 is 15.5 Å². The molecule has 5 heteroatoms. The van der Waals surface area contributed by atoms with Crippen LogP contribution in [0, 0.1) is 0 Å². The van der Waals surface area contributed by atoms with Crippen LogP contribution >= 0.6 is 0 Å². The van der Waals surface area contributed by atoms with Crippen molar-refractivity contribution in [2.24, 2.45) is 0 Å². The molecule has 20 heavy (non-hydrogen) atoms. The van der Waals surface area contributed by atoms with Gasteiger partial charge >= 0.3 is 5.97 Å². The number of carboxylic acids is 1. The molecule has 0 aliphatic heterocycles. The Morgan fingerprint density at radius 3 is 2.40 bits per heavy atom. The Bertz CT molecular complexity index is 456. The highest BCUT2D eigenvalue weighted by Crippen LogP contribution is 2.22. The maximum Gasteiger partial charge on any atom is 0.337 e. The maximum absolute atomic E-state index is 11.8. The minimum Gasteiger partial charge on any atom is -0.479 e. The number of rotatable bonds is 7. The fraction of sp³-hybridized carbons (Fsp3) is 0.467. The van der Waals surface area contributed by atoms with E-state index in [0.29, 0.717) is 0 Å². The van der Waals surface area contributed by atoms with Crippen molar-refractivity contribution >= 4 is 11.9 Å². The fourth-order valence-corrected chi connectivity index (χ4v) is 1.87. The van der Waals surface area contributed by atoms with Crippen LogP contribution in [0.1, 0.15) is 38.2 Å². The van der Waals surface area contributed by atoms with E-state index in [4.69, 9.17) is 5.11 Å². The highest BCUT2D eigenvalue weighted by molar-refractivity contribution is 5.80. The summed E-state index contributed by atoms with van der Waals surface area (Å²) < 4.78 is 0. The number of carboxylic acid groups (broad SMARTS) is 1. The zero-order valence-corrected chi connectivity index (χ0v) is 11.8. The first-order valence-corrected chi connectivity index (χ1v) is 6.64. The molecule has 0 heterocycles. The van der Waals surface area contributed by atoms with Gasteiger partial charge in [0.2, 0.25) is 5.91 Å². The third kappa shape index (κ3) is 4.66. The predicted molar refractivity (Wildman–Crippen MR) is 75.4 cm³/mol. The van der Waals surface area contributed by atoms with Gasteiger partial charge in [0.15, 0.2) is 5.60 Å². The highest BCUT2D eigenvalue weighted by atomic mass is 16.4. The summed E-state index contributed by atoms with van der Waals surface area (Å²) >= 11 is 0. The van der Waals surface area contributed by atoms with Crippen LogP contribution in [0.3, 0.4) is 0 Å². The number of aliphatic carboxylic acids is 1. The fourth-order valence-electron chi connectivity index (χ4n) is 1.87. The van der Waals surface area contributed by atoms with Crippen LogP contribution < -0.4 is 5.32 Å². The molecule has 1 rings (SSSR count). The van der Waals surface area contributed by atoms with Crippen molar-refractivity contribution in [3.8, 4) is 0 Å². The third-order valence-corrected chi connectivity index (χ3v) is 3.29. The minimum absolute atomic E-state index is 0.0889. The molecule has 1 aromatic carbocycles. The molecule has 2 unspecified atom stereocenters. The van der Waals surface area contributed by atoms with Gasteiger partial charge in [-0.1, -0.05) is 37.3 Å². The maximum atomic E-state index is 11.8. The lowest BCUT2D eigenvalue weighted by Gasteiger charge is -2.20. The molecule has 3 N–H and O–H groups in total. The van der Waals surface area contributed by atoms with Crippen molar-refractivity contribution in [2.45, 2.75) is 38.2 Å². The molecule has 0 aliphatic carbocycles. The van der Waals surface area contributed by atoms with Crippen molar-refractivity contribution in [1.29, 1.82) is 0 Å². The summed E-state index contributed by atoms with van der Waals surface area (Å²) in [7, 11) is 0. The van der Waals surface area contributed by atoms with E-state index >= 15 is 0 Å². The number of benzene rings is 1. The van der Waals surface area contributed by atoms with Crippen LogP contribution in [0.15, 0.2) is 30.3 Å². The van der Waals surface area contributed by atoms with Gasteiger partial charge in [0, 0.05) is 6.42 Å². The van der Waals surface area contributed by atoms with Gasteiger partial charge in [0.1, 0.15) is 0 Å². The zero-order valence-electron chi connectivity index (χ0n) is 11.8. The van der Waals surface area contributed by atoms with E-state index in [9.17, 15) is 14.7 Å². The molecule has 1 aromatic rings. The van der Waals surface area contributed by atoms with Crippen LogP contribution in [-0.2, 0) is 9.59 Å². The Hall–Kier alpha value is -1.88. The number of aliphatic hydroxyl groups is 1. The molecule has 0 radical (unpaired) electrons. The van der Waals surface area contributed by atoms with E-state index in [1.165, 1.54) is 0 Å². The lowest BCUT2D eigenvalue weighted by Crippen LogP contribution is -2.46. The molecule has 2 atom stereocenters. The Kier molecular flexibility index (Phi) is 5.70. The summed E-state index contributed by atoms with van der Waals surface area (Å²) in [5.74, 6) is -1.53. The van der Waals surface area contributed by atoms with Crippen LogP contribution in [-0.4, -0.2) is 34.2 Å². The Morgan fingerprint density at radius 1 is 1.30 bits per heavy atom. The second-order valence-corrected chi connectivity index (χ2v) is 5.08. The van der Waals surface area contributed by atoms with Crippen molar-refractivity contribution < 1.29 is 19.8 Å². The van der Waals surface area contributed by atoms with Crippen molar-refractivity contribution in [1.82, 2.24) is 5.32 Å². The van der Waals surface area contributed by atoms with Crippen LogP contribution in [0.4, 0.5) is 0 Å². The van der Waals surface area contributed by atoms with E-state index in [0.717, 1.165) is 18.9 Å². The Labute approximate surface area is 118 Å². The van der Waals surface area contributed by atoms with Crippen LogP contribution in [0.25, 0.3) is 0 Å². The number of hydrogen-bond donors (Lipinski definition) is 3. The van der Waals surface area contributed by atoms with Crippen molar-refractivity contribution in [3.05, 3.63) is 35.9 Å². The third-order valence-electron chi connectivity index (χ3n) is 3.29. The standard InChI is InChI=1S/C15H21NO4/c1-3-11(12-7-5-4-6-8-12)9-13(17)16-10-15(2,20)14(18)19/h4-8,11,20H,3,9-10H2,1-2H3,(H,16,17)(H,18,19). The number of hydrogen-bond acceptors (Lipinski definition) is 3. The van der Waals surface area contributed by atoms with Gasteiger partial charge in [0.25, 0.3) is 0 Å². The Morgan fingerprint density at radius 2 is 1.90 bits per heavy atom. The van der Waals surface area contributed by atoms with Gasteiger partial charge in [0.05, 0.1) is 6.54 Å². The SMILES string of the molecule is CCC(CC(=O)NCC(C)(O)C(=O)O)c1ccccc1. The van der Waals surface area contributed by atoms with Gasteiger partial charge in [-0.05, 0) is 24.8 Å². The van der Waals surface area contributed by atoms with E-state index in [1.54, 1.807) is 0 Å². The first kappa shape index (κ1) is 16.2. The summed E-state index contributed by atoms with van der Waals surface area (Å²) in [5.41, 5.74) is -0.862. The summed E-state index contributed by atoms with van der Waals surface area (Å²) in [6, 6.07) is 9.69. The lowest BCUT2D eigenvalue weighted by atomic mass is 9.93. The van der Waals surface area contributed by atoms with Gasteiger partial charge in [-0.15, -0.1) is 0 Å². The average molecular weight is 279 g/mol. The van der Waals surface area contributed by atoms with Gasteiger partial charge in [-0.25, -0.2) is 4.79 Å².